The molecule has 0 unspecified atom stereocenters. The molecule has 1 amide bonds. The van der Waals surface area contributed by atoms with Crippen LogP contribution in [0.25, 0.3) is 0 Å². The molecule has 1 heterocycles. The van der Waals surface area contributed by atoms with Gasteiger partial charge in [-0.3, -0.25) is 9.69 Å². The number of nitrogens with zero attached hydrogens (tertiary/aromatic N) is 2. The molecule has 1 aliphatic carbocycles. The zero-order valence-corrected chi connectivity index (χ0v) is 15.2. The zero-order valence-electron chi connectivity index (χ0n) is 15.2. The summed E-state index contributed by atoms with van der Waals surface area (Å²) in [4.78, 5) is 17.3. The summed E-state index contributed by atoms with van der Waals surface area (Å²) in [6.07, 6.45) is 5.61. The molecule has 1 saturated carbocycles. The highest BCUT2D eigenvalue weighted by molar-refractivity contribution is 5.78. The van der Waals surface area contributed by atoms with Crippen LogP contribution in [0.4, 0.5) is 4.39 Å². The van der Waals surface area contributed by atoms with Crippen molar-refractivity contribution in [2.24, 2.45) is 5.92 Å². The average molecular weight is 347 g/mol. The largest absolute Gasteiger partial charge is 0.354 e. The summed E-state index contributed by atoms with van der Waals surface area (Å²) >= 11 is 0. The van der Waals surface area contributed by atoms with E-state index in [-0.39, 0.29) is 23.7 Å². The molecular formula is C20H30FN3O. The summed E-state index contributed by atoms with van der Waals surface area (Å²) in [7, 11) is 2.13. The number of rotatable bonds is 5. The molecule has 2 aliphatic rings. The Kier molecular flexibility index (Phi) is 6.43. The van der Waals surface area contributed by atoms with E-state index in [0.717, 1.165) is 57.4 Å². The van der Waals surface area contributed by atoms with Gasteiger partial charge in [-0.05, 0) is 37.6 Å². The molecule has 1 N–H and O–H groups in total. The summed E-state index contributed by atoms with van der Waals surface area (Å²) in [5.41, 5.74) is 1.08. The van der Waals surface area contributed by atoms with Gasteiger partial charge >= 0.3 is 0 Å². The van der Waals surface area contributed by atoms with E-state index in [1.807, 2.05) is 12.1 Å². The first kappa shape index (κ1) is 18.3. The minimum absolute atomic E-state index is 0.113. The van der Waals surface area contributed by atoms with E-state index < -0.39 is 0 Å². The van der Waals surface area contributed by atoms with Gasteiger partial charge in [0.15, 0.2) is 0 Å². The van der Waals surface area contributed by atoms with E-state index >= 15 is 0 Å². The van der Waals surface area contributed by atoms with Crippen molar-refractivity contribution in [3.8, 4) is 0 Å². The van der Waals surface area contributed by atoms with Crippen molar-refractivity contribution < 1.29 is 9.18 Å². The van der Waals surface area contributed by atoms with Gasteiger partial charge in [-0.1, -0.05) is 31.4 Å². The second kappa shape index (κ2) is 8.77. The first-order chi connectivity index (χ1) is 12.1. The third kappa shape index (κ3) is 5.02. The number of hydrogen-bond acceptors (Lipinski definition) is 3. The Hall–Kier alpha value is -1.46. The third-order valence-electron chi connectivity index (χ3n) is 5.68. The van der Waals surface area contributed by atoms with Crippen molar-refractivity contribution >= 4 is 5.91 Å². The highest BCUT2D eigenvalue weighted by Gasteiger charge is 2.26. The van der Waals surface area contributed by atoms with Crippen LogP contribution in [0.2, 0.25) is 0 Å². The van der Waals surface area contributed by atoms with Crippen molar-refractivity contribution in [1.29, 1.82) is 0 Å². The first-order valence-corrected chi connectivity index (χ1v) is 9.59. The first-order valence-electron chi connectivity index (χ1n) is 9.59. The van der Waals surface area contributed by atoms with Crippen molar-refractivity contribution in [2.45, 2.75) is 38.1 Å². The van der Waals surface area contributed by atoms with E-state index in [1.165, 1.54) is 18.6 Å². The van der Waals surface area contributed by atoms with E-state index in [4.69, 9.17) is 0 Å². The van der Waals surface area contributed by atoms with Crippen LogP contribution < -0.4 is 5.32 Å². The van der Waals surface area contributed by atoms with Gasteiger partial charge in [0.2, 0.25) is 5.91 Å². The topological polar surface area (TPSA) is 35.6 Å². The Labute approximate surface area is 150 Å². The quantitative estimate of drug-likeness (QED) is 0.890. The molecule has 25 heavy (non-hydrogen) atoms. The summed E-state index contributed by atoms with van der Waals surface area (Å²) in [6.45, 7) is 4.59. The highest BCUT2D eigenvalue weighted by atomic mass is 19.1. The normalized spacial score (nSPS) is 21.8. The summed E-state index contributed by atoms with van der Waals surface area (Å²) < 4.78 is 13.3. The molecule has 2 fully saturated rings. The standard InChI is InChI=1S/C20H30FN3O/c1-23-11-13-24(14-12-23)19(16-7-9-18(21)10-8-16)15-22-20(25)17-5-3-2-4-6-17/h7-10,17,19H,2-6,11-15H2,1H3,(H,22,25)/t19-/m1/s1. The molecule has 0 spiro atoms. The summed E-state index contributed by atoms with van der Waals surface area (Å²) in [5.74, 6) is 0.156. The van der Waals surface area contributed by atoms with Crippen molar-refractivity contribution in [2.75, 3.05) is 39.8 Å². The van der Waals surface area contributed by atoms with Gasteiger partial charge in [0.05, 0.1) is 6.04 Å². The predicted molar refractivity (Wildman–Crippen MR) is 97.8 cm³/mol. The predicted octanol–water partition coefficient (Wildman–Crippen LogP) is 2.81. The molecule has 3 rings (SSSR count). The van der Waals surface area contributed by atoms with Gasteiger partial charge in [0, 0.05) is 38.6 Å². The van der Waals surface area contributed by atoms with Gasteiger partial charge in [0.1, 0.15) is 5.82 Å². The van der Waals surface area contributed by atoms with Crippen LogP contribution in [0.3, 0.4) is 0 Å². The molecule has 0 radical (unpaired) electrons. The van der Waals surface area contributed by atoms with Crippen LogP contribution >= 0.6 is 0 Å². The molecule has 1 aromatic carbocycles. The number of halogens is 1. The summed E-state index contributed by atoms with van der Waals surface area (Å²) in [5, 5.41) is 3.19. The van der Waals surface area contributed by atoms with Crippen LogP contribution in [0, 0.1) is 11.7 Å². The fraction of sp³-hybridized carbons (Fsp3) is 0.650. The van der Waals surface area contributed by atoms with Crippen molar-refractivity contribution in [3.63, 3.8) is 0 Å². The number of carbonyl (C=O) groups is 1. The smallest absolute Gasteiger partial charge is 0.223 e. The Morgan fingerprint density at radius 1 is 1.12 bits per heavy atom. The van der Waals surface area contributed by atoms with Crippen LogP contribution in [-0.2, 0) is 4.79 Å². The Morgan fingerprint density at radius 2 is 1.76 bits per heavy atom. The Morgan fingerprint density at radius 3 is 2.40 bits per heavy atom. The van der Waals surface area contributed by atoms with Crippen LogP contribution in [0.1, 0.15) is 43.7 Å². The number of hydrogen-bond donors (Lipinski definition) is 1. The van der Waals surface area contributed by atoms with Crippen molar-refractivity contribution in [1.82, 2.24) is 15.1 Å². The van der Waals surface area contributed by atoms with E-state index in [2.05, 4.69) is 22.2 Å². The number of likely N-dealkylation sites (N-methyl/N-ethyl adjacent to an activating group) is 1. The zero-order chi connectivity index (χ0) is 17.6. The molecule has 1 aromatic rings. The monoisotopic (exact) mass is 347 g/mol. The van der Waals surface area contributed by atoms with Crippen LogP contribution in [0.15, 0.2) is 24.3 Å². The minimum Gasteiger partial charge on any atom is -0.354 e. The summed E-state index contributed by atoms with van der Waals surface area (Å²) in [6, 6.07) is 6.85. The highest BCUT2D eigenvalue weighted by Crippen LogP contribution is 2.25. The maximum Gasteiger partial charge on any atom is 0.223 e. The number of piperazine rings is 1. The minimum atomic E-state index is -0.216. The van der Waals surface area contributed by atoms with Gasteiger partial charge < -0.3 is 10.2 Å². The fourth-order valence-corrected chi connectivity index (χ4v) is 3.98. The maximum absolute atomic E-state index is 13.3. The lowest BCUT2D eigenvalue weighted by Crippen LogP contribution is -2.49. The van der Waals surface area contributed by atoms with Gasteiger partial charge in [-0.25, -0.2) is 4.39 Å². The number of benzene rings is 1. The second-order valence-corrected chi connectivity index (χ2v) is 7.49. The SMILES string of the molecule is CN1CCN([C@H](CNC(=O)C2CCCCC2)c2ccc(F)cc2)CC1. The molecule has 0 aromatic heterocycles. The molecule has 4 nitrogen and oxygen atoms in total. The lowest BCUT2D eigenvalue weighted by molar-refractivity contribution is -0.126. The molecule has 0 bridgehead atoms. The molecule has 138 valence electrons. The molecule has 5 heteroatoms. The average Bonchev–Trinajstić information content (AvgIpc) is 2.65. The number of amides is 1. The lowest BCUT2D eigenvalue weighted by Gasteiger charge is -2.38. The van der Waals surface area contributed by atoms with E-state index in [0.29, 0.717) is 6.54 Å². The fourth-order valence-electron chi connectivity index (χ4n) is 3.98. The van der Waals surface area contributed by atoms with Crippen LogP contribution in [-0.4, -0.2) is 55.5 Å². The van der Waals surface area contributed by atoms with Crippen LogP contribution in [0.5, 0.6) is 0 Å². The van der Waals surface area contributed by atoms with Crippen molar-refractivity contribution in [3.05, 3.63) is 35.6 Å². The van der Waals surface area contributed by atoms with Gasteiger partial charge in [-0.2, -0.15) is 0 Å². The Bertz CT molecular complexity index is 549. The lowest BCUT2D eigenvalue weighted by atomic mass is 9.88. The molecule has 1 atom stereocenters. The van der Waals surface area contributed by atoms with E-state index in [1.54, 1.807) is 0 Å². The molecular weight excluding hydrogens is 317 g/mol. The third-order valence-corrected chi connectivity index (χ3v) is 5.68. The van der Waals surface area contributed by atoms with Gasteiger partial charge in [-0.15, -0.1) is 0 Å². The van der Waals surface area contributed by atoms with E-state index in [9.17, 15) is 9.18 Å². The molecule has 1 aliphatic heterocycles. The number of nitrogens with one attached hydrogen (secondary N) is 1. The maximum atomic E-state index is 13.3. The Balaban J connectivity index is 1.65. The second-order valence-electron chi connectivity index (χ2n) is 7.49. The van der Waals surface area contributed by atoms with Gasteiger partial charge in [0.25, 0.3) is 0 Å². The molecule has 1 saturated heterocycles. The number of carbonyl (C=O) groups excluding carboxylic acids is 1.